The summed E-state index contributed by atoms with van der Waals surface area (Å²) >= 11 is 9.98. The van der Waals surface area contributed by atoms with Crippen LogP contribution in [0.5, 0.6) is 0 Å². The molecule has 0 aliphatic carbocycles. The summed E-state index contributed by atoms with van der Waals surface area (Å²) in [5, 5.41) is 14.2. The van der Waals surface area contributed by atoms with Gasteiger partial charge in [-0.2, -0.15) is 10.2 Å². The maximum atomic E-state index is 10.9. The van der Waals surface area contributed by atoms with E-state index in [4.69, 9.17) is 24.4 Å². The summed E-state index contributed by atoms with van der Waals surface area (Å²) in [4.78, 5) is -0.315. The van der Waals surface area contributed by atoms with Gasteiger partial charge in [0.2, 0.25) is 0 Å². The SMILES string of the molecule is CNC(=S)N/N=C(C)/C(C)=N/NC(=S)Nc1ccc(S(=O)(=O)[O-])cc1.[Na+]. The molecule has 0 bridgehead atoms. The first-order chi connectivity index (χ1) is 11.6. The fourth-order valence-electron chi connectivity index (χ4n) is 1.35. The maximum absolute atomic E-state index is 10.9. The summed E-state index contributed by atoms with van der Waals surface area (Å²) in [7, 11) is -2.80. The van der Waals surface area contributed by atoms with Crippen LogP contribution >= 0.6 is 24.4 Å². The zero-order chi connectivity index (χ0) is 19.0. The van der Waals surface area contributed by atoms with Crippen molar-refractivity contribution >= 4 is 61.9 Å². The Hall–Kier alpha value is -1.15. The molecule has 0 aliphatic heterocycles. The van der Waals surface area contributed by atoms with Gasteiger partial charge in [-0.15, -0.1) is 0 Å². The van der Waals surface area contributed by atoms with E-state index in [0.29, 0.717) is 22.2 Å². The third-order valence-corrected chi connectivity index (χ3v) is 4.14. The molecule has 136 valence electrons. The molecule has 0 spiro atoms. The van der Waals surface area contributed by atoms with Crippen molar-refractivity contribution in [3.63, 3.8) is 0 Å². The van der Waals surface area contributed by atoms with E-state index in [1.807, 2.05) is 0 Å². The summed E-state index contributed by atoms with van der Waals surface area (Å²) in [5.41, 5.74) is 6.94. The molecule has 13 heteroatoms. The number of rotatable bonds is 5. The van der Waals surface area contributed by atoms with Crippen LogP contribution in [0.15, 0.2) is 39.4 Å². The molecular formula is C13H17N6NaO3S3. The summed E-state index contributed by atoms with van der Waals surface area (Å²) in [5.74, 6) is 0. The van der Waals surface area contributed by atoms with Gasteiger partial charge >= 0.3 is 29.6 Å². The van der Waals surface area contributed by atoms with Crippen LogP contribution in [0.2, 0.25) is 0 Å². The van der Waals surface area contributed by atoms with Gasteiger partial charge in [-0.1, -0.05) is 0 Å². The Morgan fingerprint density at radius 2 is 1.46 bits per heavy atom. The average Bonchev–Trinajstić information content (AvgIpc) is 2.56. The van der Waals surface area contributed by atoms with Crippen LogP contribution in [-0.2, 0) is 10.1 Å². The topological polar surface area (TPSA) is 130 Å². The molecule has 0 aliphatic rings. The number of benzene rings is 1. The number of hydrogen-bond donors (Lipinski definition) is 4. The Balaban J connectivity index is 0.00000625. The van der Waals surface area contributed by atoms with Crippen LogP contribution in [0, 0.1) is 0 Å². The first-order valence-electron chi connectivity index (χ1n) is 6.83. The van der Waals surface area contributed by atoms with E-state index < -0.39 is 10.1 Å². The van der Waals surface area contributed by atoms with E-state index >= 15 is 0 Å². The van der Waals surface area contributed by atoms with Gasteiger partial charge in [0.05, 0.1) is 16.3 Å². The van der Waals surface area contributed by atoms with E-state index in [9.17, 15) is 13.0 Å². The molecular weight excluding hydrogens is 407 g/mol. The third-order valence-electron chi connectivity index (χ3n) is 2.80. The van der Waals surface area contributed by atoms with Gasteiger partial charge in [0.15, 0.2) is 10.2 Å². The third kappa shape index (κ3) is 8.98. The number of hydrogen-bond acceptors (Lipinski definition) is 7. The van der Waals surface area contributed by atoms with Gasteiger partial charge < -0.3 is 15.2 Å². The fourth-order valence-corrected chi connectivity index (χ4v) is 2.03. The molecule has 0 amide bonds. The normalized spacial score (nSPS) is 11.8. The van der Waals surface area contributed by atoms with Crippen molar-refractivity contribution in [1.82, 2.24) is 16.2 Å². The second kappa shape index (κ2) is 11.5. The second-order valence-electron chi connectivity index (χ2n) is 4.63. The van der Waals surface area contributed by atoms with Gasteiger partial charge in [-0.3, -0.25) is 10.9 Å². The second-order valence-corrected chi connectivity index (χ2v) is 6.83. The number of nitrogens with one attached hydrogen (secondary N) is 4. The molecule has 0 saturated heterocycles. The Morgan fingerprint density at radius 3 is 1.88 bits per heavy atom. The predicted molar refractivity (Wildman–Crippen MR) is 105 cm³/mol. The van der Waals surface area contributed by atoms with Crippen molar-refractivity contribution in [2.24, 2.45) is 10.2 Å². The van der Waals surface area contributed by atoms with Crippen LogP contribution in [0.4, 0.5) is 5.69 Å². The zero-order valence-corrected chi connectivity index (χ0v) is 19.1. The van der Waals surface area contributed by atoms with Gasteiger partial charge in [0.25, 0.3) is 0 Å². The van der Waals surface area contributed by atoms with Crippen LogP contribution in [0.25, 0.3) is 0 Å². The molecule has 1 aromatic carbocycles. The molecule has 1 aromatic rings. The van der Waals surface area contributed by atoms with E-state index in [0.717, 1.165) is 0 Å². The Bertz CT molecular complexity index is 809. The van der Waals surface area contributed by atoms with Crippen molar-refractivity contribution < 1.29 is 42.5 Å². The zero-order valence-electron chi connectivity index (χ0n) is 14.7. The van der Waals surface area contributed by atoms with Gasteiger partial charge in [-0.05, 0) is 62.5 Å². The van der Waals surface area contributed by atoms with Crippen LogP contribution < -0.4 is 51.0 Å². The number of anilines is 1. The van der Waals surface area contributed by atoms with Crippen molar-refractivity contribution in [3.8, 4) is 0 Å². The minimum absolute atomic E-state index is 0. The van der Waals surface area contributed by atoms with Crippen LogP contribution in [0.3, 0.4) is 0 Å². The van der Waals surface area contributed by atoms with E-state index in [2.05, 4.69) is 31.7 Å². The Morgan fingerprint density at radius 1 is 1.00 bits per heavy atom. The molecule has 26 heavy (non-hydrogen) atoms. The van der Waals surface area contributed by atoms with Crippen LogP contribution in [-0.4, -0.2) is 41.7 Å². The first kappa shape index (κ1) is 24.8. The fraction of sp³-hybridized carbons (Fsp3) is 0.231. The maximum Gasteiger partial charge on any atom is 1.00 e. The predicted octanol–water partition coefficient (Wildman–Crippen LogP) is -2.27. The molecule has 0 fully saturated rings. The number of nitrogens with zero attached hydrogens (tertiary/aromatic N) is 2. The number of thiocarbonyl (C=S) groups is 2. The summed E-state index contributed by atoms with van der Waals surface area (Å²) in [6.45, 7) is 3.47. The van der Waals surface area contributed by atoms with Crippen molar-refractivity contribution in [2.45, 2.75) is 18.7 Å². The monoisotopic (exact) mass is 424 g/mol. The van der Waals surface area contributed by atoms with Crippen molar-refractivity contribution in [2.75, 3.05) is 12.4 Å². The summed E-state index contributed by atoms with van der Waals surface area (Å²) in [6.07, 6.45) is 0. The Kier molecular flexibility index (Phi) is 11.0. The molecule has 1 rings (SSSR count). The standard InChI is InChI=1S/C13H18N6O3S3.Na/c1-8(16-18-12(23)14-3)9(2)17-19-13(24)15-10-4-6-11(7-5-10)25(20,21)22;/h4-7H,1-3H3,(H2,14,18,23)(H2,15,19,24)(H,20,21,22);/q;+1/p-1/b16-8+,17-9+;. The smallest absolute Gasteiger partial charge is 0.744 e. The molecule has 0 atom stereocenters. The summed E-state index contributed by atoms with van der Waals surface area (Å²) < 4.78 is 32.6. The van der Waals surface area contributed by atoms with Gasteiger partial charge in [-0.25, -0.2) is 8.42 Å². The first-order valence-corrected chi connectivity index (χ1v) is 9.05. The average molecular weight is 425 g/mol. The van der Waals surface area contributed by atoms with Gasteiger partial charge in [0.1, 0.15) is 10.1 Å². The van der Waals surface area contributed by atoms with Crippen molar-refractivity contribution in [1.29, 1.82) is 0 Å². The minimum atomic E-state index is -4.47. The molecule has 0 radical (unpaired) electrons. The van der Waals surface area contributed by atoms with Crippen LogP contribution in [0.1, 0.15) is 13.8 Å². The van der Waals surface area contributed by atoms with E-state index in [-0.39, 0.29) is 39.6 Å². The van der Waals surface area contributed by atoms with Crippen molar-refractivity contribution in [3.05, 3.63) is 24.3 Å². The molecule has 0 aromatic heterocycles. The van der Waals surface area contributed by atoms with E-state index in [1.165, 1.54) is 24.3 Å². The van der Waals surface area contributed by atoms with Gasteiger partial charge in [0, 0.05) is 12.7 Å². The molecule has 0 heterocycles. The molecule has 9 nitrogen and oxygen atoms in total. The van der Waals surface area contributed by atoms with E-state index in [1.54, 1.807) is 20.9 Å². The largest absolute Gasteiger partial charge is 1.00 e. The summed E-state index contributed by atoms with van der Waals surface area (Å²) in [6, 6.07) is 5.22. The molecule has 0 saturated carbocycles. The quantitative estimate of drug-likeness (QED) is 0.136. The number of hydrazone groups is 2. The molecule has 0 unspecified atom stereocenters. The Labute approximate surface area is 185 Å². The minimum Gasteiger partial charge on any atom is -0.744 e. The molecule has 4 N–H and O–H groups in total.